The van der Waals surface area contributed by atoms with E-state index in [4.69, 9.17) is 4.74 Å². The molecule has 1 saturated heterocycles. The predicted molar refractivity (Wildman–Crippen MR) is 66.3 cm³/mol. The van der Waals surface area contributed by atoms with E-state index in [-0.39, 0.29) is 10.9 Å². The summed E-state index contributed by atoms with van der Waals surface area (Å²) < 4.78 is 31.8. The molecule has 1 nitrogen and oxygen atoms in total. The molecule has 1 aliphatic heterocycles. The van der Waals surface area contributed by atoms with Crippen LogP contribution in [0.15, 0.2) is 18.2 Å². The number of hydrogen-bond acceptors (Lipinski definition) is 1. The van der Waals surface area contributed by atoms with Gasteiger partial charge in [0.1, 0.15) is 11.6 Å². The molecule has 3 unspecified atom stereocenters. The molecule has 0 bridgehead atoms. The highest BCUT2D eigenvalue weighted by Crippen LogP contribution is 2.31. The summed E-state index contributed by atoms with van der Waals surface area (Å²) in [5.74, 6) is -0.615. The quantitative estimate of drug-likeness (QED) is 0.774. The summed E-state index contributed by atoms with van der Waals surface area (Å²) in [6.45, 7) is 2.80. The van der Waals surface area contributed by atoms with Crippen LogP contribution in [0.4, 0.5) is 8.78 Å². The zero-order valence-corrected chi connectivity index (χ0v) is 11.2. The van der Waals surface area contributed by atoms with Gasteiger partial charge in [0.15, 0.2) is 0 Å². The molecule has 1 fully saturated rings. The Labute approximate surface area is 108 Å². The van der Waals surface area contributed by atoms with Gasteiger partial charge in [-0.15, -0.1) is 0 Å². The summed E-state index contributed by atoms with van der Waals surface area (Å²) >= 11 is 3.59. The first kappa shape index (κ1) is 13.0. The molecular formula is C13H15BrF2O. The van der Waals surface area contributed by atoms with Gasteiger partial charge in [-0.05, 0) is 37.3 Å². The lowest BCUT2D eigenvalue weighted by atomic mass is 9.94. The van der Waals surface area contributed by atoms with Crippen molar-refractivity contribution in [3.05, 3.63) is 35.4 Å². The van der Waals surface area contributed by atoms with Gasteiger partial charge in [-0.2, -0.15) is 0 Å². The van der Waals surface area contributed by atoms with Gasteiger partial charge >= 0.3 is 0 Å². The molecular weight excluding hydrogens is 290 g/mol. The fraction of sp³-hybridized carbons (Fsp3) is 0.538. The largest absolute Gasteiger partial charge is 0.378 e. The number of alkyl halides is 1. The van der Waals surface area contributed by atoms with Crippen molar-refractivity contribution < 1.29 is 13.5 Å². The maximum atomic E-state index is 13.5. The van der Waals surface area contributed by atoms with Crippen LogP contribution in [0.1, 0.15) is 18.9 Å². The van der Waals surface area contributed by atoms with E-state index in [9.17, 15) is 8.78 Å². The first-order valence-corrected chi connectivity index (χ1v) is 6.69. The lowest BCUT2D eigenvalue weighted by Gasteiger charge is -2.20. The van der Waals surface area contributed by atoms with Gasteiger partial charge < -0.3 is 4.74 Å². The zero-order chi connectivity index (χ0) is 12.4. The molecule has 17 heavy (non-hydrogen) atoms. The molecule has 94 valence electrons. The van der Waals surface area contributed by atoms with Crippen LogP contribution in [0, 0.1) is 17.6 Å². The second-order valence-corrected chi connectivity index (χ2v) is 5.66. The number of hydrogen-bond donors (Lipinski definition) is 0. The lowest BCUT2D eigenvalue weighted by Crippen LogP contribution is -2.23. The van der Waals surface area contributed by atoms with Crippen LogP contribution >= 0.6 is 15.9 Å². The third-order valence-electron chi connectivity index (χ3n) is 3.33. The number of rotatable bonds is 3. The van der Waals surface area contributed by atoms with Crippen LogP contribution in [0.3, 0.4) is 0 Å². The zero-order valence-electron chi connectivity index (χ0n) is 9.63. The van der Waals surface area contributed by atoms with Crippen LogP contribution in [-0.2, 0) is 11.2 Å². The molecule has 0 spiro atoms. The first-order chi connectivity index (χ1) is 8.08. The molecule has 1 heterocycles. The average molecular weight is 305 g/mol. The monoisotopic (exact) mass is 304 g/mol. The second kappa shape index (κ2) is 5.44. The highest BCUT2D eigenvalue weighted by atomic mass is 79.9. The Hall–Kier alpha value is -0.480. The number of benzene rings is 1. The van der Waals surface area contributed by atoms with E-state index < -0.39 is 11.6 Å². The number of ether oxygens (including phenoxy) is 1. The fourth-order valence-corrected chi connectivity index (χ4v) is 3.31. The Bertz CT molecular complexity index is 397. The Morgan fingerprint density at radius 2 is 2.24 bits per heavy atom. The van der Waals surface area contributed by atoms with Gasteiger partial charge in [0.25, 0.3) is 0 Å². The summed E-state index contributed by atoms with van der Waals surface area (Å²) in [5.41, 5.74) is 0.548. The molecule has 2 rings (SSSR count). The van der Waals surface area contributed by atoms with Crippen molar-refractivity contribution in [3.63, 3.8) is 0 Å². The van der Waals surface area contributed by atoms with Gasteiger partial charge in [0.05, 0.1) is 6.10 Å². The van der Waals surface area contributed by atoms with E-state index in [1.807, 2.05) is 6.92 Å². The number of halogens is 3. The molecule has 0 aromatic heterocycles. The van der Waals surface area contributed by atoms with Crippen LogP contribution < -0.4 is 0 Å². The van der Waals surface area contributed by atoms with E-state index in [2.05, 4.69) is 15.9 Å². The van der Waals surface area contributed by atoms with Crippen LogP contribution in [-0.4, -0.2) is 17.5 Å². The Kier molecular flexibility index (Phi) is 4.15. The maximum absolute atomic E-state index is 13.5. The summed E-state index contributed by atoms with van der Waals surface area (Å²) in [6, 6.07) is 3.75. The topological polar surface area (TPSA) is 9.23 Å². The van der Waals surface area contributed by atoms with Crippen LogP contribution in [0.25, 0.3) is 0 Å². The third-order valence-corrected chi connectivity index (χ3v) is 4.33. The van der Waals surface area contributed by atoms with E-state index in [0.717, 1.165) is 19.1 Å². The molecule has 1 aromatic rings. The predicted octanol–water partition coefficient (Wildman–Crippen LogP) is 3.70. The van der Waals surface area contributed by atoms with E-state index in [1.165, 1.54) is 12.1 Å². The van der Waals surface area contributed by atoms with E-state index in [0.29, 0.717) is 17.9 Å². The molecule has 3 atom stereocenters. The second-order valence-electron chi connectivity index (χ2n) is 4.48. The van der Waals surface area contributed by atoms with Crippen LogP contribution in [0.5, 0.6) is 0 Å². The van der Waals surface area contributed by atoms with Crippen molar-refractivity contribution in [2.75, 3.05) is 6.61 Å². The molecule has 1 aromatic carbocycles. The average Bonchev–Trinajstić information content (AvgIpc) is 2.68. The van der Waals surface area contributed by atoms with Gasteiger partial charge in [0, 0.05) is 17.5 Å². The van der Waals surface area contributed by atoms with E-state index >= 15 is 0 Å². The van der Waals surface area contributed by atoms with Gasteiger partial charge in [-0.25, -0.2) is 8.78 Å². The summed E-state index contributed by atoms with van der Waals surface area (Å²) in [4.78, 5) is 0.167. The highest BCUT2D eigenvalue weighted by Gasteiger charge is 2.30. The summed E-state index contributed by atoms with van der Waals surface area (Å²) in [5, 5.41) is 0. The van der Waals surface area contributed by atoms with Crippen molar-refractivity contribution in [1.29, 1.82) is 0 Å². The van der Waals surface area contributed by atoms with Gasteiger partial charge in [-0.1, -0.05) is 22.0 Å². The molecule has 0 radical (unpaired) electrons. The summed E-state index contributed by atoms with van der Waals surface area (Å²) in [6.07, 6.45) is 1.74. The fourth-order valence-electron chi connectivity index (χ4n) is 2.27. The summed E-state index contributed by atoms with van der Waals surface area (Å²) in [7, 11) is 0. The smallest absolute Gasteiger partial charge is 0.129 e. The minimum Gasteiger partial charge on any atom is -0.378 e. The third kappa shape index (κ3) is 3.05. The lowest BCUT2D eigenvalue weighted by molar-refractivity contribution is 0.105. The Balaban J connectivity index is 2.04. The molecule has 4 heteroatoms. The SMILES string of the molecule is CC1OCCC1C(Br)Cc1ccc(F)cc1F. The van der Waals surface area contributed by atoms with E-state index in [1.54, 1.807) is 0 Å². The van der Waals surface area contributed by atoms with Gasteiger partial charge in [-0.3, -0.25) is 0 Å². The normalized spacial score (nSPS) is 26.1. The van der Waals surface area contributed by atoms with Gasteiger partial charge in [0.2, 0.25) is 0 Å². The van der Waals surface area contributed by atoms with Crippen molar-refractivity contribution in [3.8, 4) is 0 Å². The molecule has 1 aliphatic rings. The standard InChI is InChI=1S/C13H15BrF2O/c1-8-11(4-5-17-8)12(14)6-9-2-3-10(15)7-13(9)16/h2-3,7-8,11-12H,4-6H2,1H3. The van der Waals surface area contributed by atoms with Crippen molar-refractivity contribution in [1.82, 2.24) is 0 Å². The highest BCUT2D eigenvalue weighted by molar-refractivity contribution is 9.09. The Morgan fingerprint density at radius 1 is 1.47 bits per heavy atom. The molecule has 0 aliphatic carbocycles. The maximum Gasteiger partial charge on any atom is 0.129 e. The first-order valence-electron chi connectivity index (χ1n) is 5.77. The minimum absolute atomic E-state index is 0.167. The van der Waals surface area contributed by atoms with Crippen molar-refractivity contribution in [2.24, 2.45) is 5.92 Å². The Morgan fingerprint density at radius 3 is 2.82 bits per heavy atom. The van der Waals surface area contributed by atoms with Crippen molar-refractivity contribution >= 4 is 15.9 Å². The minimum atomic E-state index is -0.532. The van der Waals surface area contributed by atoms with Crippen LogP contribution in [0.2, 0.25) is 0 Å². The molecule has 0 saturated carbocycles. The molecule has 0 amide bonds. The molecule has 0 N–H and O–H groups in total. The van der Waals surface area contributed by atoms with Crippen molar-refractivity contribution in [2.45, 2.75) is 30.7 Å².